The summed E-state index contributed by atoms with van der Waals surface area (Å²) in [6, 6.07) is 7.53. The molecule has 0 saturated carbocycles. The van der Waals surface area contributed by atoms with Crippen LogP contribution in [-0.2, 0) is 4.79 Å². The smallest absolute Gasteiger partial charge is 0.142 e. The van der Waals surface area contributed by atoms with Gasteiger partial charge in [0.15, 0.2) is 0 Å². The molecule has 3 nitrogen and oxygen atoms in total. The van der Waals surface area contributed by atoms with Gasteiger partial charge in [-0.15, -0.1) is 0 Å². The van der Waals surface area contributed by atoms with Gasteiger partial charge in [-0.2, -0.15) is 0 Å². The van der Waals surface area contributed by atoms with Gasteiger partial charge in [0.1, 0.15) is 12.0 Å². The van der Waals surface area contributed by atoms with Gasteiger partial charge in [-0.3, -0.25) is 4.79 Å². The highest BCUT2D eigenvalue weighted by atomic mass is 16.5. The first-order valence-corrected chi connectivity index (χ1v) is 5.72. The first kappa shape index (κ1) is 13.5. The van der Waals surface area contributed by atoms with Crippen LogP contribution in [0.15, 0.2) is 30.3 Å². The minimum Gasteiger partial charge on any atom is -0.494 e. The SMILES string of the molecule is C[C@@H](CO)CCOc1ccc(/C=C/C=O)cc1. The number of aliphatic hydroxyl groups is 1. The zero-order valence-electron chi connectivity index (χ0n) is 10.0. The predicted molar refractivity (Wildman–Crippen MR) is 67.9 cm³/mol. The Hall–Kier alpha value is -1.61. The largest absolute Gasteiger partial charge is 0.494 e. The maximum atomic E-state index is 10.1. The molecule has 0 aliphatic heterocycles. The lowest BCUT2D eigenvalue weighted by atomic mass is 10.1. The summed E-state index contributed by atoms with van der Waals surface area (Å²) in [5, 5.41) is 8.86. The van der Waals surface area contributed by atoms with Crippen molar-refractivity contribution < 1.29 is 14.6 Å². The lowest BCUT2D eigenvalue weighted by Crippen LogP contribution is -2.07. The highest BCUT2D eigenvalue weighted by Gasteiger charge is 2.00. The van der Waals surface area contributed by atoms with E-state index in [-0.39, 0.29) is 12.5 Å². The molecular weight excluding hydrogens is 216 g/mol. The molecule has 0 aliphatic carbocycles. The Labute approximate surface area is 102 Å². The molecule has 0 amide bonds. The summed E-state index contributed by atoms with van der Waals surface area (Å²) < 4.78 is 5.53. The highest BCUT2D eigenvalue weighted by molar-refractivity contribution is 5.73. The molecule has 1 aromatic carbocycles. The molecule has 0 saturated heterocycles. The van der Waals surface area contributed by atoms with Crippen LogP contribution in [-0.4, -0.2) is 24.6 Å². The van der Waals surface area contributed by atoms with Crippen molar-refractivity contribution in [2.24, 2.45) is 5.92 Å². The molecule has 1 aromatic rings. The number of allylic oxidation sites excluding steroid dienone is 1. The molecule has 1 atom stereocenters. The van der Waals surface area contributed by atoms with Crippen LogP contribution in [0.4, 0.5) is 0 Å². The van der Waals surface area contributed by atoms with E-state index in [0.29, 0.717) is 6.61 Å². The van der Waals surface area contributed by atoms with Crippen molar-refractivity contribution in [2.75, 3.05) is 13.2 Å². The number of aldehydes is 1. The van der Waals surface area contributed by atoms with Crippen LogP contribution in [0.1, 0.15) is 18.9 Å². The fourth-order valence-electron chi connectivity index (χ4n) is 1.29. The van der Waals surface area contributed by atoms with Gasteiger partial charge < -0.3 is 9.84 Å². The third-order valence-corrected chi connectivity index (χ3v) is 2.44. The molecule has 17 heavy (non-hydrogen) atoms. The second-order valence-electron chi connectivity index (χ2n) is 3.99. The molecule has 3 heteroatoms. The van der Waals surface area contributed by atoms with Crippen molar-refractivity contribution in [3.05, 3.63) is 35.9 Å². The summed E-state index contributed by atoms with van der Waals surface area (Å²) in [5.74, 6) is 1.07. The van der Waals surface area contributed by atoms with Crippen molar-refractivity contribution >= 4 is 12.4 Å². The van der Waals surface area contributed by atoms with Crippen LogP contribution in [0.3, 0.4) is 0 Å². The van der Waals surface area contributed by atoms with E-state index in [2.05, 4.69) is 0 Å². The van der Waals surface area contributed by atoms with E-state index in [0.717, 1.165) is 24.0 Å². The Bertz CT molecular complexity index is 354. The number of hydrogen-bond donors (Lipinski definition) is 1. The Balaban J connectivity index is 2.40. The number of carbonyl (C=O) groups is 1. The summed E-state index contributed by atoms with van der Waals surface area (Å²) in [4.78, 5) is 10.1. The zero-order chi connectivity index (χ0) is 12.5. The zero-order valence-corrected chi connectivity index (χ0v) is 10.0. The Morgan fingerprint density at radius 2 is 2.06 bits per heavy atom. The molecule has 92 valence electrons. The number of ether oxygens (including phenoxy) is 1. The number of benzene rings is 1. The van der Waals surface area contributed by atoms with E-state index >= 15 is 0 Å². The van der Waals surface area contributed by atoms with Gasteiger partial charge in [0, 0.05) is 6.61 Å². The summed E-state index contributed by atoms with van der Waals surface area (Å²) in [6.07, 6.45) is 4.79. The maximum Gasteiger partial charge on any atom is 0.142 e. The molecule has 0 unspecified atom stereocenters. The minimum absolute atomic E-state index is 0.193. The number of rotatable bonds is 7. The third-order valence-electron chi connectivity index (χ3n) is 2.44. The average molecular weight is 234 g/mol. The normalized spacial score (nSPS) is 12.6. The first-order valence-electron chi connectivity index (χ1n) is 5.72. The monoisotopic (exact) mass is 234 g/mol. The van der Waals surface area contributed by atoms with E-state index in [1.165, 1.54) is 6.08 Å². The molecule has 0 fully saturated rings. The lowest BCUT2D eigenvalue weighted by Gasteiger charge is -2.09. The van der Waals surface area contributed by atoms with Crippen molar-refractivity contribution in [3.63, 3.8) is 0 Å². The molecule has 0 bridgehead atoms. The van der Waals surface area contributed by atoms with Crippen LogP contribution in [0, 0.1) is 5.92 Å². The Kier molecular flexibility index (Phi) is 6.04. The van der Waals surface area contributed by atoms with Crippen molar-refractivity contribution in [3.8, 4) is 5.75 Å². The van der Waals surface area contributed by atoms with Gasteiger partial charge in [-0.1, -0.05) is 25.1 Å². The van der Waals surface area contributed by atoms with Crippen molar-refractivity contribution in [1.29, 1.82) is 0 Å². The second kappa shape index (κ2) is 7.63. The standard InChI is InChI=1S/C14H18O3/c1-12(11-16)8-10-17-14-6-4-13(5-7-14)3-2-9-15/h2-7,9,12,16H,8,10-11H2,1H3/b3-2+/t12-/m1/s1. The first-order chi connectivity index (χ1) is 8.26. The highest BCUT2D eigenvalue weighted by Crippen LogP contribution is 2.14. The van der Waals surface area contributed by atoms with Crippen LogP contribution in [0.25, 0.3) is 6.08 Å². The van der Waals surface area contributed by atoms with Crippen LogP contribution in [0.5, 0.6) is 5.75 Å². The molecule has 0 aromatic heterocycles. The summed E-state index contributed by atoms with van der Waals surface area (Å²) in [5.41, 5.74) is 0.966. The van der Waals surface area contributed by atoms with E-state index in [1.54, 1.807) is 6.08 Å². The van der Waals surface area contributed by atoms with E-state index in [9.17, 15) is 4.79 Å². The number of carbonyl (C=O) groups excluding carboxylic acids is 1. The van der Waals surface area contributed by atoms with E-state index in [1.807, 2.05) is 31.2 Å². The van der Waals surface area contributed by atoms with Crippen LogP contribution in [0.2, 0.25) is 0 Å². The lowest BCUT2D eigenvalue weighted by molar-refractivity contribution is -0.104. The summed E-state index contributed by atoms with van der Waals surface area (Å²) >= 11 is 0. The van der Waals surface area contributed by atoms with Crippen molar-refractivity contribution in [1.82, 2.24) is 0 Å². The quantitative estimate of drug-likeness (QED) is 0.581. The Morgan fingerprint density at radius 1 is 1.35 bits per heavy atom. The fraction of sp³-hybridized carbons (Fsp3) is 0.357. The van der Waals surface area contributed by atoms with Gasteiger partial charge in [-0.05, 0) is 36.1 Å². The summed E-state index contributed by atoms with van der Waals surface area (Å²) in [6.45, 7) is 2.78. The third kappa shape index (κ3) is 5.31. The molecule has 0 radical (unpaired) electrons. The molecule has 0 spiro atoms. The van der Waals surface area contributed by atoms with Gasteiger partial charge >= 0.3 is 0 Å². The van der Waals surface area contributed by atoms with E-state index in [4.69, 9.17) is 9.84 Å². The molecule has 0 heterocycles. The van der Waals surface area contributed by atoms with Gasteiger partial charge in [0.05, 0.1) is 6.61 Å². The fourth-order valence-corrected chi connectivity index (χ4v) is 1.29. The topological polar surface area (TPSA) is 46.5 Å². The second-order valence-corrected chi connectivity index (χ2v) is 3.99. The van der Waals surface area contributed by atoms with E-state index < -0.39 is 0 Å². The maximum absolute atomic E-state index is 10.1. The molecule has 1 N–H and O–H groups in total. The average Bonchev–Trinajstić information content (AvgIpc) is 2.37. The van der Waals surface area contributed by atoms with Gasteiger partial charge in [-0.25, -0.2) is 0 Å². The number of aliphatic hydroxyl groups excluding tert-OH is 1. The van der Waals surface area contributed by atoms with Gasteiger partial charge in [0.2, 0.25) is 0 Å². The molecule has 0 aliphatic rings. The Morgan fingerprint density at radius 3 is 2.65 bits per heavy atom. The van der Waals surface area contributed by atoms with Crippen molar-refractivity contribution in [2.45, 2.75) is 13.3 Å². The molecule has 1 rings (SSSR count). The number of hydrogen-bond acceptors (Lipinski definition) is 3. The predicted octanol–water partition coefficient (Wildman–Crippen LogP) is 2.30. The summed E-state index contributed by atoms with van der Waals surface area (Å²) in [7, 11) is 0. The van der Waals surface area contributed by atoms with Crippen LogP contribution < -0.4 is 4.74 Å². The van der Waals surface area contributed by atoms with Crippen LogP contribution >= 0.6 is 0 Å². The van der Waals surface area contributed by atoms with Gasteiger partial charge in [0.25, 0.3) is 0 Å². The molecular formula is C14H18O3. The minimum atomic E-state index is 0.193.